The number of nitrogens with zero attached hydrogens (tertiary/aromatic N) is 2. The number of hydrogen-bond donors (Lipinski definition) is 1. The third-order valence-corrected chi connectivity index (χ3v) is 3.49. The summed E-state index contributed by atoms with van der Waals surface area (Å²) in [5, 5.41) is 0. The van der Waals surface area contributed by atoms with E-state index < -0.39 is 11.7 Å². The van der Waals surface area contributed by atoms with Crippen LogP contribution in [0.4, 0.5) is 18.9 Å². The summed E-state index contributed by atoms with van der Waals surface area (Å²) >= 11 is 0. The second-order valence-electron chi connectivity index (χ2n) is 4.83. The van der Waals surface area contributed by atoms with E-state index in [0.29, 0.717) is 5.69 Å². The molecule has 0 saturated carbocycles. The van der Waals surface area contributed by atoms with Crippen molar-refractivity contribution in [3.63, 3.8) is 0 Å². The Morgan fingerprint density at radius 1 is 1.16 bits per heavy atom. The second-order valence-corrected chi connectivity index (χ2v) is 4.83. The Morgan fingerprint density at radius 3 is 2.32 bits per heavy atom. The van der Waals surface area contributed by atoms with Gasteiger partial charge in [-0.1, -0.05) is 6.07 Å². The predicted molar refractivity (Wildman–Crippen MR) is 69.0 cm³/mol. The Hall–Kier alpha value is -1.27. The van der Waals surface area contributed by atoms with Crippen LogP contribution in [0.15, 0.2) is 18.2 Å². The van der Waals surface area contributed by atoms with Gasteiger partial charge in [-0.2, -0.15) is 13.2 Å². The van der Waals surface area contributed by atoms with Crippen molar-refractivity contribution in [2.45, 2.75) is 12.7 Å². The van der Waals surface area contributed by atoms with Crippen LogP contribution in [0.2, 0.25) is 0 Å². The van der Waals surface area contributed by atoms with Crippen LogP contribution >= 0.6 is 0 Å². The largest absolute Gasteiger partial charge is 0.416 e. The van der Waals surface area contributed by atoms with Crippen LogP contribution < -0.4 is 10.6 Å². The first-order chi connectivity index (χ1) is 8.91. The zero-order valence-electron chi connectivity index (χ0n) is 10.9. The number of hydrogen-bond acceptors (Lipinski definition) is 3. The zero-order valence-corrected chi connectivity index (χ0v) is 10.9. The fraction of sp³-hybridized carbons (Fsp3) is 0.538. The molecule has 0 aliphatic carbocycles. The molecule has 0 radical (unpaired) electrons. The SMILES string of the molecule is CN1CCN(c2ccc(CN)c(C(F)(F)F)c2)CC1. The summed E-state index contributed by atoms with van der Waals surface area (Å²) in [6.07, 6.45) is -4.35. The molecule has 0 spiro atoms. The molecule has 1 heterocycles. The average Bonchev–Trinajstić information content (AvgIpc) is 2.38. The molecule has 106 valence electrons. The molecule has 0 atom stereocenters. The monoisotopic (exact) mass is 273 g/mol. The van der Waals surface area contributed by atoms with Crippen molar-refractivity contribution in [1.82, 2.24) is 4.90 Å². The lowest BCUT2D eigenvalue weighted by atomic mass is 10.1. The highest BCUT2D eigenvalue weighted by Gasteiger charge is 2.33. The molecule has 0 aromatic heterocycles. The summed E-state index contributed by atoms with van der Waals surface area (Å²) in [4.78, 5) is 4.14. The van der Waals surface area contributed by atoms with Gasteiger partial charge in [0.15, 0.2) is 0 Å². The standard InChI is InChI=1S/C13H18F3N3/c1-18-4-6-19(7-5-18)11-3-2-10(9-17)12(8-11)13(14,15)16/h2-3,8H,4-7,9,17H2,1H3. The van der Waals surface area contributed by atoms with Gasteiger partial charge in [0.25, 0.3) is 0 Å². The highest BCUT2D eigenvalue weighted by Crippen LogP contribution is 2.34. The molecule has 0 unspecified atom stereocenters. The van der Waals surface area contributed by atoms with Crippen molar-refractivity contribution in [2.75, 3.05) is 38.1 Å². The average molecular weight is 273 g/mol. The van der Waals surface area contributed by atoms with E-state index in [1.807, 2.05) is 11.9 Å². The van der Waals surface area contributed by atoms with E-state index in [9.17, 15) is 13.2 Å². The minimum absolute atomic E-state index is 0.0993. The van der Waals surface area contributed by atoms with Gasteiger partial charge in [-0.05, 0) is 24.7 Å². The second kappa shape index (κ2) is 5.38. The molecular weight excluding hydrogens is 255 g/mol. The van der Waals surface area contributed by atoms with Crippen molar-refractivity contribution in [2.24, 2.45) is 5.73 Å². The maximum absolute atomic E-state index is 13.0. The summed E-state index contributed by atoms with van der Waals surface area (Å²) in [5.74, 6) is 0. The summed E-state index contributed by atoms with van der Waals surface area (Å²) in [7, 11) is 2.01. The quantitative estimate of drug-likeness (QED) is 0.893. The summed E-state index contributed by atoms with van der Waals surface area (Å²) in [6.45, 7) is 3.11. The van der Waals surface area contributed by atoms with Crippen LogP contribution in [0, 0.1) is 0 Å². The fourth-order valence-electron chi connectivity index (χ4n) is 2.27. The van der Waals surface area contributed by atoms with Gasteiger partial charge in [0, 0.05) is 38.4 Å². The van der Waals surface area contributed by atoms with Gasteiger partial charge in [-0.3, -0.25) is 0 Å². The first kappa shape index (κ1) is 14.1. The van der Waals surface area contributed by atoms with Gasteiger partial charge in [-0.15, -0.1) is 0 Å². The van der Waals surface area contributed by atoms with Gasteiger partial charge in [0.05, 0.1) is 5.56 Å². The van der Waals surface area contributed by atoms with E-state index in [1.54, 1.807) is 6.07 Å². The molecule has 6 heteroatoms. The Morgan fingerprint density at radius 2 is 1.79 bits per heavy atom. The molecule has 2 rings (SSSR count). The van der Waals surface area contributed by atoms with Gasteiger partial charge in [-0.25, -0.2) is 0 Å². The van der Waals surface area contributed by atoms with E-state index in [4.69, 9.17) is 5.73 Å². The first-order valence-corrected chi connectivity index (χ1v) is 6.25. The van der Waals surface area contributed by atoms with Crippen molar-refractivity contribution in [1.29, 1.82) is 0 Å². The highest BCUT2D eigenvalue weighted by molar-refractivity contribution is 5.52. The molecule has 19 heavy (non-hydrogen) atoms. The van der Waals surface area contributed by atoms with Crippen LogP contribution in [0.3, 0.4) is 0 Å². The lowest BCUT2D eigenvalue weighted by molar-refractivity contribution is -0.138. The maximum atomic E-state index is 13.0. The Bertz CT molecular complexity index is 437. The molecule has 1 aromatic rings. The summed E-state index contributed by atoms with van der Waals surface area (Å²) < 4.78 is 38.9. The smallest absolute Gasteiger partial charge is 0.369 e. The topological polar surface area (TPSA) is 32.5 Å². The van der Waals surface area contributed by atoms with Gasteiger partial charge in [0.2, 0.25) is 0 Å². The molecule has 0 amide bonds. The minimum atomic E-state index is -4.35. The molecule has 1 aliphatic rings. The fourth-order valence-corrected chi connectivity index (χ4v) is 2.27. The van der Waals surface area contributed by atoms with E-state index in [1.165, 1.54) is 12.1 Å². The summed E-state index contributed by atoms with van der Waals surface area (Å²) in [5.41, 5.74) is 5.52. The first-order valence-electron chi connectivity index (χ1n) is 6.25. The number of piperazine rings is 1. The van der Waals surface area contributed by atoms with Crippen molar-refractivity contribution in [3.05, 3.63) is 29.3 Å². The van der Waals surface area contributed by atoms with Crippen molar-refractivity contribution in [3.8, 4) is 0 Å². The van der Waals surface area contributed by atoms with Gasteiger partial charge in [0.1, 0.15) is 0 Å². The number of benzene rings is 1. The van der Waals surface area contributed by atoms with E-state index in [0.717, 1.165) is 26.2 Å². The number of rotatable bonds is 2. The number of halogens is 3. The molecular formula is C13H18F3N3. The molecule has 1 aliphatic heterocycles. The number of anilines is 1. The van der Waals surface area contributed by atoms with Crippen LogP contribution in [0.5, 0.6) is 0 Å². The number of alkyl halides is 3. The van der Waals surface area contributed by atoms with Crippen molar-refractivity contribution >= 4 is 5.69 Å². The Balaban J connectivity index is 2.28. The minimum Gasteiger partial charge on any atom is -0.369 e. The Labute approximate surface area is 110 Å². The highest BCUT2D eigenvalue weighted by atomic mass is 19.4. The number of likely N-dealkylation sites (N-methyl/N-ethyl adjacent to an activating group) is 1. The lowest BCUT2D eigenvalue weighted by Crippen LogP contribution is -2.44. The molecule has 3 nitrogen and oxygen atoms in total. The molecule has 0 bridgehead atoms. The van der Waals surface area contributed by atoms with Crippen molar-refractivity contribution < 1.29 is 13.2 Å². The predicted octanol–water partition coefficient (Wildman–Crippen LogP) is 1.92. The zero-order chi connectivity index (χ0) is 14.0. The summed E-state index contributed by atoms with van der Waals surface area (Å²) in [6, 6.07) is 4.42. The van der Waals surface area contributed by atoms with E-state index in [2.05, 4.69) is 4.90 Å². The molecule has 1 aromatic carbocycles. The normalized spacial score (nSPS) is 17.8. The van der Waals surface area contributed by atoms with Crippen LogP contribution in [-0.4, -0.2) is 38.1 Å². The number of nitrogens with two attached hydrogens (primary N) is 1. The third kappa shape index (κ3) is 3.19. The Kier molecular flexibility index (Phi) is 4.01. The molecule has 1 fully saturated rings. The van der Waals surface area contributed by atoms with E-state index in [-0.39, 0.29) is 12.1 Å². The van der Waals surface area contributed by atoms with Crippen LogP contribution in [-0.2, 0) is 12.7 Å². The van der Waals surface area contributed by atoms with Gasteiger partial charge < -0.3 is 15.5 Å². The molecule has 2 N–H and O–H groups in total. The maximum Gasteiger partial charge on any atom is 0.416 e. The third-order valence-electron chi connectivity index (χ3n) is 3.49. The van der Waals surface area contributed by atoms with Crippen LogP contribution in [0.25, 0.3) is 0 Å². The lowest BCUT2D eigenvalue weighted by Gasteiger charge is -2.34. The van der Waals surface area contributed by atoms with Gasteiger partial charge >= 0.3 is 6.18 Å². The van der Waals surface area contributed by atoms with Crippen LogP contribution in [0.1, 0.15) is 11.1 Å². The van der Waals surface area contributed by atoms with E-state index >= 15 is 0 Å². The molecule has 1 saturated heterocycles.